The van der Waals surface area contributed by atoms with E-state index in [9.17, 15) is 0 Å². The van der Waals surface area contributed by atoms with E-state index >= 15 is 0 Å². The summed E-state index contributed by atoms with van der Waals surface area (Å²) >= 11 is 0. The summed E-state index contributed by atoms with van der Waals surface area (Å²) in [6.07, 6.45) is 5.98. The maximum atomic E-state index is 5.50. The summed E-state index contributed by atoms with van der Waals surface area (Å²) in [4.78, 5) is 4.36. The molecule has 0 saturated carbocycles. The van der Waals surface area contributed by atoms with E-state index in [0.717, 1.165) is 25.2 Å². The fourth-order valence-corrected chi connectivity index (χ4v) is 2.00. The molecule has 4 heteroatoms. The highest BCUT2D eigenvalue weighted by Crippen LogP contribution is 2.09. The summed E-state index contributed by atoms with van der Waals surface area (Å²) < 4.78 is 7.57. The van der Waals surface area contributed by atoms with Crippen LogP contribution in [0.5, 0.6) is 0 Å². The third kappa shape index (κ3) is 3.32. The van der Waals surface area contributed by atoms with Crippen LogP contribution in [0, 0.1) is 0 Å². The number of hydrogen-bond donors (Lipinski definition) is 1. The number of methoxy groups -OCH3 is 1. The van der Waals surface area contributed by atoms with Gasteiger partial charge < -0.3 is 14.6 Å². The Bertz CT molecular complexity index is 294. The lowest BCUT2D eigenvalue weighted by Gasteiger charge is -2.25. The van der Waals surface area contributed by atoms with Crippen molar-refractivity contribution in [2.75, 3.05) is 13.7 Å². The van der Waals surface area contributed by atoms with Crippen LogP contribution >= 0.6 is 0 Å². The quantitative estimate of drug-likeness (QED) is 0.761. The van der Waals surface area contributed by atoms with Gasteiger partial charge in [0.15, 0.2) is 0 Å². The molecule has 16 heavy (non-hydrogen) atoms. The molecular formula is C12H23N3O. The summed E-state index contributed by atoms with van der Waals surface area (Å²) in [5, 5.41) is 3.47. The number of nitrogens with one attached hydrogen (secondary N) is 1. The van der Waals surface area contributed by atoms with Crippen molar-refractivity contribution in [2.45, 2.75) is 38.8 Å². The van der Waals surface area contributed by atoms with E-state index in [2.05, 4.69) is 28.7 Å². The lowest BCUT2D eigenvalue weighted by Crippen LogP contribution is -2.42. The Balaban J connectivity index is 2.67. The molecule has 0 aromatic carbocycles. The lowest BCUT2D eigenvalue weighted by atomic mass is 10.0. The topological polar surface area (TPSA) is 39.1 Å². The van der Waals surface area contributed by atoms with Crippen LogP contribution in [0.1, 0.15) is 26.1 Å². The third-order valence-corrected chi connectivity index (χ3v) is 2.94. The maximum Gasteiger partial charge on any atom is 0.110 e. The van der Waals surface area contributed by atoms with Gasteiger partial charge >= 0.3 is 0 Å². The predicted octanol–water partition coefficient (Wildman–Crippen LogP) is 1.37. The van der Waals surface area contributed by atoms with Gasteiger partial charge in [-0.3, -0.25) is 0 Å². The Morgan fingerprint density at radius 1 is 1.50 bits per heavy atom. The fraction of sp³-hybridized carbons (Fsp3) is 0.750. The first-order valence-electron chi connectivity index (χ1n) is 5.95. The molecule has 1 heterocycles. The lowest BCUT2D eigenvalue weighted by molar-refractivity contribution is 0.0650. The molecule has 0 aliphatic rings. The average Bonchev–Trinajstić information content (AvgIpc) is 2.66. The van der Waals surface area contributed by atoms with Gasteiger partial charge in [-0.2, -0.15) is 0 Å². The van der Waals surface area contributed by atoms with Gasteiger partial charge in [-0.1, -0.05) is 13.8 Å². The van der Waals surface area contributed by atoms with Crippen LogP contribution in [0.2, 0.25) is 0 Å². The van der Waals surface area contributed by atoms with E-state index in [1.807, 2.05) is 19.4 Å². The van der Waals surface area contributed by atoms with Crippen LogP contribution in [-0.2, 0) is 18.2 Å². The van der Waals surface area contributed by atoms with Crippen LogP contribution in [0.4, 0.5) is 0 Å². The van der Waals surface area contributed by atoms with Crippen LogP contribution < -0.4 is 5.32 Å². The Morgan fingerprint density at radius 2 is 2.25 bits per heavy atom. The Hall–Kier alpha value is -0.870. The van der Waals surface area contributed by atoms with Crippen LogP contribution in [0.3, 0.4) is 0 Å². The van der Waals surface area contributed by atoms with Crippen molar-refractivity contribution in [3.05, 3.63) is 18.2 Å². The molecule has 0 aliphatic heterocycles. The minimum Gasteiger partial charge on any atom is -0.380 e. The molecule has 0 spiro atoms. The molecule has 1 rings (SSSR count). The minimum atomic E-state index is 0.247. The van der Waals surface area contributed by atoms with E-state index in [1.54, 1.807) is 7.11 Å². The van der Waals surface area contributed by atoms with E-state index in [-0.39, 0.29) is 6.10 Å². The zero-order valence-corrected chi connectivity index (χ0v) is 10.7. The van der Waals surface area contributed by atoms with Gasteiger partial charge in [-0.05, 0) is 13.0 Å². The summed E-state index contributed by atoms with van der Waals surface area (Å²) in [5.41, 5.74) is 0. The summed E-state index contributed by atoms with van der Waals surface area (Å²) in [5.74, 6) is 1.10. The van der Waals surface area contributed by atoms with E-state index in [0.29, 0.717) is 6.04 Å². The van der Waals surface area contributed by atoms with Gasteiger partial charge in [0.25, 0.3) is 0 Å². The Kier molecular flexibility index (Phi) is 5.49. The fourth-order valence-electron chi connectivity index (χ4n) is 2.00. The summed E-state index contributed by atoms with van der Waals surface area (Å²) in [7, 11) is 3.80. The van der Waals surface area contributed by atoms with Crippen molar-refractivity contribution in [2.24, 2.45) is 7.05 Å². The minimum absolute atomic E-state index is 0.247. The Labute approximate surface area is 98.0 Å². The summed E-state index contributed by atoms with van der Waals surface area (Å²) in [6, 6.07) is 0.334. The summed E-state index contributed by atoms with van der Waals surface area (Å²) in [6.45, 7) is 5.22. The van der Waals surface area contributed by atoms with Crippen molar-refractivity contribution in [3.63, 3.8) is 0 Å². The van der Waals surface area contributed by atoms with Crippen LogP contribution in [0.15, 0.2) is 12.4 Å². The van der Waals surface area contributed by atoms with Crippen LogP contribution in [-0.4, -0.2) is 35.4 Å². The Morgan fingerprint density at radius 3 is 2.69 bits per heavy atom. The van der Waals surface area contributed by atoms with Gasteiger partial charge in [0.05, 0.1) is 6.10 Å². The van der Waals surface area contributed by atoms with Crippen molar-refractivity contribution >= 4 is 0 Å². The standard InChI is InChI=1S/C12H23N3O/c1-5-11(16-4)10(13-6-2)9-12-14-7-8-15(12)3/h7-8,10-11,13H,5-6,9H2,1-4H3. The normalized spacial score (nSPS) is 15.0. The smallest absolute Gasteiger partial charge is 0.110 e. The number of aromatic nitrogens is 2. The van der Waals surface area contributed by atoms with Crippen molar-refractivity contribution in [1.82, 2.24) is 14.9 Å². The number of imidazole rings is 1. The molecule has 92 valence electrons. The van der Waals surface area contributed by atoms with Gasteiger partial charge in [0.1, 0.15) is 5.82 Å². The second-order valence-electron chi connectivity index (χ2n) is 4.01. The van der Waals surface area contributed by atoms with Gasteiger partial charge in [0.2, 0.25) is 0 Å². The van der Waals surface area contributed by atoms with E-state index < -0.39 is 0 Å². The average molecular weight is 225 g/mol. The molecule has 0 bridgehead atoms. The molecule has 0 radical (unpaired) electrons. The number of hydrogen-bond acceptors (Lipinski definition) is 3. The zero-order chi connectivity index (χ0) is 12.0. The SMILES string of the molecule is CCNC(Cc1nccn1C)C(CC)OC. The van der Waals surface area contributed by atoms with E-state index in [4.69, 9.17) is 4.74 Å². The molecule has 1 aromatic heterocycles. The number of nitrogens with zero attached hydrogens (tertiary/aromatic N) is 2. The van der Waals surface area contributed by atoms with Crippen molar-refractivity contribution in [1.29, 1.82) is 0 Å². The molecular weight excluding hydrogens is 202 g/mol. The largest absolute Gasteiger partial charge is 0.380 e. The first kappa shape index (κ1) is 13.2. The second-order valence-corrected chi connectivity index (χ2v) is 4.01. The van der Waals surface area contributed by atoms with Crippen LogP contribution in [0.25, 0.3) is 0 Å². The predicted molar refractivity (Wildman–Crippen MR) is 65.5 cm³/mol. The third-order valence-electron chi connectivity index (χ3n) is 2.94. The van der Waals surface area contributed by atoms with Gasteiger partial charge in [-0.25, -0.2) is 4.98 Å². The van der Waals surface area contributed by atoms with Crippen molar-refractivity contribution in [3.8, 4) is 0 Å². The monoisotopic (exact) mass is 225 g/mol. The molecule has 0 amide bonds. The molecule has 2 unspecified atom stereocenters. The molecule has 1 N–H and O–H groups in total. The first-order valence-corrected chi connectivity index (χ1v) is 5.95. The van der Waals surface area contributed by atoms with Crippen molar-refractivity contribution < 1.29 is 4.74 Å². The highest BCUT2D eigenvalue weighted by Gasteiger charge is 2.20. The maximum absolute atomic E-state index is 5.50. The zero-order valence-electron chi connectivity index (χ0n) is 10.7. The highest BCUT2D eigenvalue weighted by molar-refractivity contribution is 4.96. The molecule has 0 aliphatic carbocycles. The molecule has 0 fully saturated rings. The highest BCUT2D eigenvalue weighted by atomic mass is 16.5. The second kappa shape index (κ2) is 6.66. The van der Waals surface area contributed by atoms with E-state index in [1.165, 1.54) is 0 Å². The molecule has 1 aromatic rings. The molecule has 0 saturated heterocycles. The number of ether oxygens (including phenoxy) is 1. The van der Waals surface area contributed by atoms with Gasteiger partial charge in [-0.15, -0.1) is 0 Å². The number of aryl methyl sites for hydroxylation is 1. The molecule has 4 nitrogen and oxygen atoms in total. The number of likely N-dealkylation sites (N-methyl/N-ethyl adjacent to an activating group) is 1. The first-order chi connectivity index (χ1) is 7.72. The molecule has 2 atom stereocenters. The van der Waals surface area contributed by atoms with Gasteiger partial charge in [0, 0.05) is 39.0 Å². The number of rotatable bonds is 7.